The fourth-order valence-electron chi connectivity index (χ4n) is 3.26. The highest BCUT2D eigenvalue weighted by Crippen LogP contribution is 2.40. The van der Waals surface area contributed by atoms with Crippen LogP contribution in [0.5, 0.6) is 0 Å². The highest BCUT2D eigenvalue weighted by molar-refractivity contribution is 5.80. The van der Waals surface area contributed by atoms with E-state index in [0.717, 1.165) is 6.42 Å². The molecular formula is C14H25NO3. The SMILES string of the molecule is CC1(O)CC(C(=O)N[C@H]2CC(C)(C)OC2(C)C)C1. The number of amides is 1. The first kappa shape index (κ1) is 13.8. The number of aliphatic hydroxyl groups is 1. The summed E-state index contributed by atoms with van der Waals surface area (Å²) in [6, 6.07) is 0.0468. The minimum atomic E-state index is -0.650. The van der Waals surface area contributed by atoms with Crippen molar-refractivity contribution in [1.82, 2.24) is 5.32 Å². The maximum atomic E-state index is 12.1. The largest absolute Gasteiger partial charge is 0.390 e. The van der Waals surface area contributed by atoms with Crippen molar-refractivity contribution in [2.75, 3.05) is 0 Å². The highest BCUT2D eigenvalue weighted by Gasteiger charge is 2.49. The molecular weight excluding hydrogens is 230 g/mol. The van der Waals surface area contributed by atoms with Gasteiger partial charge in [-0.3, -0.25) is 4.79 Å². The Hall–Kier alpha value is -0.610. The van der Waals surface area contributed by atoms with Gasteiger partial charge in [0.15, 0.2) is 0 Å². The number of carbonyl (C=O) groups is 1. The number of rotatable bonds is 2. The molecule has 2 N–H and O–H groups in total. The van der Waals surface area contributed by atoms with Crippen LogP contribution in [0.25, 0.3) is 0 Å². The Balaban J connectivity index is 1.92. The molecule has 1 heterocycles. The molecule has 1 aliphatic heterocycles. The van der Waals surface area contributed by atoms with E-state index in [2.05, 4.69) is 19.2 Å². The zero-order chi connectivity index (χ0) is 13.8. The van der Waals surface area contributed by atoms with E-state index in [4.69, 9.17) is 4.74 Å². The van der Waals surface area contributed by atoms with Crippen molar-refractivity contribution in [3.05, 3.63) is 0 Å². The highest BCUT2D eigenvalue weighted by atomic mass is 16.5. The second-order valence-electron chi connectivity index (χ2n) is 7.33. The fraction of sp³-hybridized carbons (Fsp3) is 0.929. The number of nitrogens with one attached hydrogen (secondary N) is 1. The molecule has 1 saturated carbocycles. The molecule has 0 aromatic heterocycles. The monoisotopic (exact) mass is 255 g/mol. The molecule has 0 radical (unpaired) electrons. The Bertz CT molecular complexity index is 352. The van der Waals surface area contributed by atoms with E-state index in [9.17, 15) is 9.90 Å². The van der Waals surface area contributed by atoms with Gasteiger partial charge in [-0.25, -0.2) is 0 Å². The Morgan fingerprint density at radius 1 is 1.17 bits per heavy atom. The van der Waals surface area contributed by atoms with Crippen molar-refractivity contribution >= 4 is 5.91 Å². The first-order valence-electron chi connectivity index (χ1n) is 6.74. The molecule has 18 heavy (non-hydrogen) atoms. The minimum Gasteiger partial charge on any atom is -0.390 e. The van der Waals surface area contributed by atoms with Crippen LogP contribution in [0.4, 0.5) is 0 Å². The van der Waals surface area contributed by atoms with Crippen LogP contribution in [-0.2, 0) is 9.53 Å². The Morgan fingerprint density at radius 3 is 2.11 bits per heavy atom. The van der Waals surface area contributed by atoms with E-state index >= 15 is 0 Å². The van der Waals surface area contributed by atoms with Crippen molar-refractivity contribution in [2.24, 2.45) is 5.92 Å². The van der Waals surface area contributed by atoms with E-state index in [1.807, 2.05) is 13.8 Å². The number of hydrogen-bond donors (Lipinski definition) is 2. The van der Waals surface area contributed by atoms with Gasteiger partial charge in [0.05, 0.1) is 22.8 Å². The zero-order valence-electron chi connectivity index (χ0n) is 12.0. The lowest BCUT2D eigenvalue weighted by atomic mass is 9.71. The molecule has 0 aromatic rings. The molecule has 0 bridgehead atoms. The van der Waals surface area contributed by atoms with E-state index in [-0.39, 0.29) is 29.1 Å². The van der Waals surface area contributed by atoms with Crippen LogP contribution >= 0.6 is 0 Å². The molecule has 1 aliphatic carbocycles. The van der Waals surface area contributed by atoms with Crippen molar-refractivity contribution in [1.29, 1.82) is 0 Å². The standard InChI is InChI=1S/C14H25NO3/c1-12(2)8-10(13(3,4)18-12)15-11(16)9-6-14(5,17)7-9/h9-10,17H,6-8H2,1-5H3,(H,15,16)/t9?,10-,14?/m0/s1. The predicted molar refractivity (Wildman–Crippen MR) is 69.1 cm³/mol. The van der Waals surface area contributed by atoms with Gasteiger partial charge >= 0.3 is 0 Å². The van der Waals surface area contributed by atoms with Gasteiger partial charge in [0.1, 0.15) is 0 Å². The summed E-state index contributed by atoms with van der Waals surface area (Å²) >= 11 is 0. The second-order valence-corrected chi connectivity index (χ2v) is 7.33. The van der Waals surface area contributed by atoms with Crippen LogP contribution in [0.15, 0.2) is 0 Å². The minimum absolute atomic E-state index is 0.0421. The summed E-state index contributed by atoms with van der Waals surface area (Å²) in [7, 11) is 0. The molecule has 0 unspecified atom stereocenters. The average molecular weight is 255 g/mol. The Morgan fingerprint density at radius 2 is 1.72 bits per heavy atom. The summed E-state index contributed by atoms with van der Waals surface area (Å²) in [5.41, 5.74) is -1.17. The van der Waals surface area contributed by atoms with Gasteiger partial charge < -0.3 is 15.2 Å². The van der Waals surface area contributed by atoms with Gasteiger partial charge in [-0.2, -0.15) is 0 Å². The molecule has 2 fully saturated rings. The van der Waals surface area contributed by atoms with Crippen LogP contribution in [0, 0.1) is 5.92 Å². The molecule has 104 valence electrons. The summed E-state index contributed by atoms with van der Waals surface area (Å²) in [6.07, 6.45) is 1.96. The Kier molecular flexibility index (Phi) is 3.02. The van der Waals surface area contributed by atoms with Gasteiger partial charge in [-0.05, 0) is 53.9 Å². The average Bonchev–Trinajstić information content (AvgIpc) is 2.29. The quantitative estimate of drug-likeness (QED) is 0.788. The van der Waals surface area contributed by atoms with Crippen LogP contribution in [-0.4, -0.2) is 33.9 Å². The van der Waals surface area contributed by atoms with Crippen molar-refractivity contribution < 1.29 is 14.6 Å². The summed E-state index contributed by atoms with van der Waals surface area (Å²) in [5.74, 6) is 0.0143. The molecule has 0 spiro atoms. The van der Waals surface area contributed by atoms with Crippen molar-refractivity contribution in [2.45, 2.75) is 76.7 Å². The maximum Gasteiger partial charge on any atom is 0.223 e. The topological polar surface area (TPSA) is 58.6 Å². The number of ether oxygens (including phenoxy) is 1. The van der Waals surface area contributed by atoms with Gasteiger partial charge in [-0.15, -0.1) is 0 Å². The number of carbonyl (C=O) groups excluding carboxylic acids is 1. The maximum absolute atomic E-state index is 12.1. The lowest BCUT2D eigenvalue weighted by Gasteiger charge is -2.40. The van der Waals surface area contributed by atoms with E-state index in [0.29, 0.717) is 12.8 Å². The molecule has 0 aromatic carbocycles. The van der Waals surface area contributed by atoms with Crippen LogP contribution < -0.4 is 5.32 Å². The molecule has 2 aliphatic rings. The van der Waals surface area contributed by atoms with Gasteiger partial charge in [0.2, 0.25) is 5.91 Å². The van der Waals surface area contributed by atoms with E-state index in [1.165, 1.54) is 0 Å². The van der Waals surface area contributed by atoms with Gasteiger partial charge in [-0.1, -0.05) is 0 Å². The molecule has 1 atom stereocenters. The van der Waals surface area contributed by atoms with Crippen molar-refractivity contribution in [3.63, 3.8) is 0 Å². The Labute approximate surface area is 109 Å². The van der Waals surface area contributed by atoms with Crippen LogP contribution in [0.3, 0.4) is 0 Å². The van der Waals surface area contributed by atoms with Gasteiger partial charge in [0.25, 0.3) is 0 Å². The third-order valence-corrected chi connectivity index (χ3v) is 4.13. The van der Waals surface area contributed by atoms with Crippen molar-refractivity contribution in [3.8, 4) is 0 Å². The number of hydrogen-bond acceptors (Lipinski definition) is 3. The molecule has 1 amide bonds. The van der Waals surface area contributed by atoms with E-state index in [1.54, 1.807) is 6.92 Å². The van der Waals surface area contributed by atoms with Crippen LogP contribution in [0.2, 0.25) is 0 Å². The smallest absolute Gasteiger partial charge is 0.223 e. The van der Waals surface area contributed by atoms with Crippen LogP contribution in [0.1, 0.15) is 53.9 Å². The lowest BCUT2D eigenvalue weighted by molar-refractivity contribution is -0.141. The van der Waals surface area contributed by atoms with E-state index < -0.39 is 5.60 Å². The molecule has 1 saturated heterocycles. The predicted octanol–water partition coefficient (Wildman–Crippen LogP) is 1.61. The fourth-order valence-corrected chi connectivity index (χ4v) is 3.26. The summed E-state index contributed by atoms with van der Waals surface area (Å²) in [4.78, 5) is 12.1. The molecule has 4 nitrogen and oxygen atoms in total. The molecule has 2 rings (SSSR count). The third kappa shape index (κ3) is 2.69. The summed E-state index contributed by atoms with van der Waals surface area (Å²) in [6.45, 7) is 9.92. The first-order valence-corrected chi connectivity index (χ1v) is 6.74. The second kappa shape index (κ2) is 3.94. The summed E-state index contributed by atoms with van der Waals surface area (Å²) in [5, 5.41) is 12.8. The first-order chi connectivity index (χ1) is 8.01. The normalized spacial score (nSPS) is 41.2. The zero-order valence-corrected chi connectivity index (χ0v) is 12.0. The summed E-state index contributed by atoms with van der Waals surface area (Å²) < 4.78 is 5.96. The third-order valence-electron chi connectivity index (χ3n) is 4.13. The lowest BCUT2D eigenvalue weighted by Crippen LogP contribution is -2.53. The molecule has 4 heteroatoms. The van der Waals surface area contributed by atoms with Gasteiger partial charge in [0, 0.05) is 5.92 Å².